The fourth-order valence-electron chi connectivity index (χ4n) is 0. The minimum atomic E-state index is 0. The van der Waals surface area contributed by atoms with Gasteiger partial charge in [0, 0.05) is 0 Å². The van der Waals surface area contributed by atoms with E-state index in [2.05, 4.69) is 0 Å². The van der Waals surface area contributed by atoms with Gasteiger partial charge in [-0.1, -0.05) is 0 Å². The van der Waals surface area contributed by atoms with E-state index in [4.69, 9.17) is 10.1 Å². The molecule has 0 aromatic heterocycles. The summed E-state index contributed by atoms with van der Waals surface area (Å²) in [6.07, 6.45) is 0. The van der Waals surface area contributed by atoms with Crippen molar-refractivity contribution < 1.29 is 12.4 Å². The molecule has 0 N–H and O–H groups in total. The molecule has 0 aliphatic rings. The molecule has 26 valence electrons. The maximum absolute atomic E-state index is 8.00. The smallest absolute Gasteiger partial charge is 1.00 e. The van der Waals surface area contributed by atoms with E-state index in [0.717, 1.165) is 5.34 Å². The molecule has 0 aliphatic carbocycles. The third-order valence-corrected chi connectivity index (χ3v) is 0. The summed E-state index contributed by atoms with van der Waals surface area (Å²) in [4.78, 5) is 8.00. The first-order chi connectivity index (χ1) is 1.41. The Hall–Kier alpha value is 0.950. The van der Waals surface area contributed by atoms with Crippen molar-refractivity contribution in [2.45, 2.75) is 0 Å². The molecule has 0 heterocycles. The molecule has 0 unspecified atom stereocenters. The Labute approximate surface area is 65.1 Å². The Morgan fingerprint density at radius 3 is 1.60 bits per heavy atom. The fourth-order valence-corrected chi connectivity index (χ4v) is 0. The van der Waals surface area contributed by atoms with Gasteiger partial charge < -0.3 is 22.5 Å². The zero-order valence-electron chi connectivity index (χ0n) is 2.35. The van der Waals surface area contributed by atoms with Crippen LogP contribution in [0.2, 0.25) is 0 Å². The minimum absolute atomic E-state index is 0. The first kappa shape index (κ1) is 16.8. The quantitative estimate of drug-likeness (QED) is 0.193. The molecule has 5 heavy (non-hydrogen) atoms. The first-order valence-corrected chi connectivity index (χ1v) is 0.365. The molecule has 0 radical (unpaired) electrons. The Kier molecular flexibility index (Phi) is 68.1. The van der Waals surface area contributed by atoms with Crippen molar-refractivity contribution in [3.05, 3.63) is 10.1 Å². The summed E-state index contributed by atoms with van der Waals surface area (Å²) < 4.78 is 0. The van der Waals surface area contributed by atoms with Crippen molar-refractivity contribution in [2.75, 3.05) is 0 Å². The van der Waals surface area contributed by atoms with E-state index < -0.39 is 0 Å². The Bertz CT molecular complexity index is 17.1. The molecule has 0 saturated carbocycles. The van der Waals surface area contributed by atoms with Crippen LogP contribution in [0, 0.1) is 10.1 Å². The summed E-state index contributed by atoms with van der Waals surface area (Å²) >= 11 is 0. The number of nitrogens with zero attached hydrogens (tertiary/aromatic N) is 1. The summed E-state index contributed by atoms with van der Waals surface area (Å²) in [5, 5.41) is 9.00. The van der Waals surface area contributed by atoms with Gasteiger partial charge >= 0.3 is 37.7 Å². The average molecular weight is 122 g/mol. The van der Waals surface area contributed by atoms with Gasteiger partial charge in [-0.3, -0.25) is 0 Å². The molecule has 5 heteroatoms. The van der Waals surface area contributed by atoms with E-state index in [9.17, 15) is 0 Å². The van der Waals surface area contributed by atoms with Gasteiger partial charge in [-0.25, -0.2) is 0 Å². The third-order valence-electron chi connectivity index (χ3n) is 0. The van der Waals surface area contributed by atoms with E-state index >= 15 is 0 Å². The topological polar surface area (TPSA) is 52.5 Å². The Balaban J connectivity index is -0.0000000200. The summed E-state index contributed by atoms with van der Waals surface area (Å²) in [6.45, 7) is 0. The van der Waals surface area contributed by atoms with E-state index in [1.807, 2.05) is 0 Å². The van der Waals surface area contributed by atoms with Crippen LogP contribution in [-0.2, 0) is 0 Å². The van der Waals surface area contributed by atoms with Gasteiger partial charge in [0.2, 0.25) is 0 Å². The Morgan fingerprint density at radius 2 is 1.60 bits per heavy atom. The molecule has 0 fully saturated rings. The molecule has 0 spiro atoms. The maximum atomic E-state index is 8.00. The third kappa shape index (κ3) is 47.7. The van der Waals surface area contributed by atoms with Crippen molar-refractivity contribution in [1.82, 2.24) is 0 Å². The summed E-state index contributed by atoms with van der Waals surface area (Å²) in [5.74, 6) is 0. The molecule has 0 aromatic rings. The van der Waals surface area contributed by atoms with E-state index in [1.54, 1.807) is 0 Å². The van der Waals surface area contributed by atoms with Crippen LogP contribution in [0.1, 0.15) is 0 Å². The largest absolute Gasteiger partial charge is 2.00 e. The minimum Gasteiger partial charge on any atom is -1.00 e. The van der Waals surface area contributed by atoms with Gasteiger partial charge in [-0.2, -0.15) is 0 Å². The summed E-state index contributed by atoms with van der Waals surface area (Å²) in [7, 11) is 0. The zero-order chi connectivity index (χ0) is 2.71. The second-order valence-corrected chi connectivity index (χ2v) is 0.0745. The molecule has 0 aliphatic heterocycles. The van der Waals surface area contributed by atoms with Crippen molar-refractivity contribution in [2.24, 2.45) is 5.34 Å². The second kappa shape index (κ2) is 20.3. The molecule has 0 atom stereocenters. The molecule has 3 nitrogen and oxygen atoms in total. The molecular formula is CaClNO2. The van der Waals surface area contributed by atoms with E-state index in [-0.39, 0.29) is 50.1 Å². The van der Waals surface area contributed by atoms with Crippen LogP contribution in [0.3, 0.4) is 0 Å². The van der Waals surface area contributed by atoms with Gasteiger partial charge in [-0.15, -0.1) is 5.34 Å². The fraction of sp³-hybridized carbons (Fsp3) is 0. The van der Waals surface area contributed by atoms with Crippen LogP contribution in [-0.4, -0.2) is 37.7 Å². The van der Waals surface area contributed by atoms with Crippen LogP contribution in [0.15, 0.2) is 5.34 Å². The molecule has 0 amide bonds. The van der Waals surface area contributed by atoms with Crippen LogP contribution >= 0.6 is 0 Å². The van der Waals surface area contributed by atoms with E-state index in [0.29, 0.717) is 0 Å². The van der Waals surface area contributed by atoms with Crippen LogP contribution < -0.4 is 12.4 Å². The summed E-state index contributed by atoms with van der Waals surface area (Å²) in [5.41, 5.74) is 0. The number of rotatable bonds is 0. The standard InChI is InChI=1S/Ca.ClH.HNO2/c;;2-1-3/h;1H;(H,2,3)/q+2;;/p-2. The molecule has 0 saturated heterocycles. The van der Waals surface area contributed by atoms with Gasteiger partial charge in [0.1, 0.15) is 0 Å². The zero-order valence-corrected chi connectivity index (χ0v) is 5.31. The average Bonchev–Trinajstić information content (AvgIpc) is 0.918. The number of halogens is 1. The van der Waals surface area contributed by atoms with Gasteiger partial charge in [-0.05, 0) is 0 Å². The molecule has 0 rings (SSSR count). The normalized spacial score (nSPS) is 2.40. The van der Waals surface area contributed by atoms with Crippen LogP contribution in [0.4, 0.5) is 0 Å². The predicted molar refractivity (Wildman–Crippen MR) is 14.9 cm³/mol. The molecule has 0 aromatic carbocycles. The summed E-state index contributed by atoms with van der Waals surface area (Å²) in [6, 6.07) is 0. The number of hydrogen-bond acceptors (Lipinski definition) is 3. The van der Waals surface area contributed by atoms with Crippen molar-refractivity contribution in [3.8, 4) is 0 Å². The second-order valence-electron chi connectivity index (χ2n) is 0.0745. The monoisotopic (exact) mass is 121 g/mol. The first-order valence-electron chi connectivity index (χ1n) is 0.365. The Morgan fingerprint density at radius 1 is 1.60 bits per heavy atom. The van der Waals surface area contributed by atoms with Crippen molar-refractivity contribution >= 4 is 37.7 Å². The van der Waals surface area contributed by atoms with Crippen LogP contribution in [0.5, 0.6) is 0 Å². The van der Waals surface area contributed by atoms with E-state index in [1.165, 1.54) is 0 Å². The van der Waals surface area contributed by atoms with Crippen molar-refractivity contribution in [3.63, 3.8) is 0 Å². The van der Waals surface area contributed by atoms with Gasteiger partial charge in [0.15, 0.2) is 0 Å². The molecular weight excluding hydrogens is 122 g/mol. The van der Waals surface area contributed by atoms with Crippen LogP contribution in [0.25, 0.3) is 0 Å². The van der Waals surface area contributed by atoms with Crippen molar-refractivity contribution in [1.29, 1.82) is 0 Å². The molecule has 0 bridgehead atoms. The van der Waals surface area contributed by atoms with Gasteiger partial charge in [0.25, 0.3) is 0 Å². The predicted octanol–water partition coefficient (Wildman–Crippen LogP) is -3.13. The maximum Gasteiger partial charge on any atom is 2.00 e. The number of hydrogen-bond donors (Lipinski definition) is 0. The SMILES string of the molecule is O=N[O-].[Ca+2].[Cl-]. The van der Waals surface area contributed by atoms with Gasteiger partial charge in [0.05, 0.1) is 0 Å².